The fraction of sp³-hybridized carbons (Fsp3) is 0.0667. The van der Waals surface area contributed by atoms with Gasteiger partial charge in [0.25, 0.3) is 5.91 Å². The quantitative estimate of drug-likeness (QED) is 0.907. The van der Waals surface area contributed by atoms with Gasteiger partial charge in [0.15, 0.2) is 0 Å². The summed E-state index contributed by atoms with van der Waals surface area (Å²) in [6, 6.07) is 8.14. The van der Waals surface area contributed by atoms with Crippen LogP contribution in [0.3, 0.4) is 0 Å². The Morgan fingerprint density at radius 2 is 1.90 bits per heavy atom. The van der Waals surface area contributed by atoms with E-state index in [9.17, 15) is 14.0 Å². The molecular weight excluding hydrogens is 297 g/mol. The molecule has 108 valence electrons. The molecule has 21 heavy (non-hydrogen) atoms. The lowest BCUT2D eigenvalue weighted by molar-refractivity contribution is 0.0692. The van der Waals surface area contributed by atoms with Crippen molar-refractivity contribution in [3.05, 3.63) is 63.9 Å². The summed E-state index contributed by atoms with van der Waals surface area (Å²) in [5.74, 6) is -2.71. The van der Waals surface area contributed by atoms with Gasteiger partial charge in [-0.2, -0.15) is 0 Å². The van der Waals surface area contributed by atoms with Gasteiger partial charge >= 0.3 is 5.97 Å². The molecule has 4 nitrogen and oxygen atoms in total. The van der Waals surface area contributed by atoms with Crippen molar-refractivity contribution in [2.45, 2.75) is 6.92 Å². The van der Waals surface area contributed by atoms with E-state index in [1.54, 1.807) is 25.1 Å². The van der Waals surface area contributed by atoms with Crippen molar-refractivity contribution in [2.24, 2.45) is 0 Å². The summed E-state index contributed by atoms with van der Waals surface area (Å²) in [4.78, 5) is 22.7. The molecule has 0 atom stereocenters. The number of nitrogens with one attached hydrogen (secondary N) is 1. The third-order valence-corrected chi connectivity index (χ3v) is 3.30. The molecule has 0 saturated heterocycles. The van der Waals surface area contributed by atoms with Gasteiger partial charge in [-0.1, -0.05) is 11.6 Å². The molecule has 0 saturated carbocycles. The molecule has 0 unspecified atom stereocenters. The largest absolute Gasteiger partial charge is 0.478 e. The Bertz CT molecular complexity index is 731. The van der Waals surface area contributed by atoms with Crippen molar-refractivity contribution in [1.82, 2.24) is 0 Å². The van der Waals surface area contributed by atoms with Crippen LogP contribution in [-0.2, 0) is 0 Å². The lowest BCUT2D eigenvalue weighted by atomic mass is 10.1. The van der Waals surface area contributed by atoms with E-state index in [0.29, 0.717) is 10.6 Å². The molecule has 0 spiro atoms. The number of carboxylic acid groups (broad SMARTS) is 1. The molecule has 6 heteroatoms. The molecule has 0 aromatic heterocycles. The van der Waals surface area contributed by atoms with Gasteiger partial charge in [-0.3, -0.25) is 4.79 Å². The number of carboxylic acids is 1. The van der Waals surface area contributed by atoms with E-state index in [2.05, 4.69) is 5.32 Å². The van der Waals surface area contributed by atoms with E-state index >= 15 is 0 Å². The van der Waals surface area contributed by atoms with Crippen molar-refractivity contribution < 1.29 is 19.1 Å². The highest BCUT2D eigenvalue weighted by Crippen LogP contribution is 2.19. The summed E-state index contributed by atoms with van der Waals surface area (Å²) in [7, 11) is 0. The molecule has 1 amide bonds. The molecule has 0 aliphatic carbocycles. The SMILES string of the molecule is Cc1cc(C(=O)Nc2ccc(C(=O)O)c(F)c2)ccc1Cl. The maximum absolute atomic E-state index is 13.5. The van der Waals surface area contributed by atoms with Gasteiger partial charge in [0.1, 0.15) is 5.82 Å². The summed E-state index contributed by atoms with van der Waals surface area (Å²) in [5, 5.41) is 11.8. The van der Waals surface area contributed by atoms with Crippen LogP contribution in [0.5, 0.6) is 0 Å². The number of rotatable bonds is 3. The summed E-state index contributed by atoms with van der Waals surface area (Å²) < 4.78 is 13.5. The van der Waals surface area contributed by atoms with E-state index in [1.807, 2.05) is 0 Å². The minimum absolute atomic E-state index is 0.176. The maximum atomic E-state index is 13.5. The molecule has 2 aromatic carbocycles. The Labute approximate surface area is 125 Å². The molecule has 2 N–H and O–H groups in total. The lowest BCUT2D eigenvalue weighted by Gasteiger charge is -2.07. The van der Waals surface area contributed by atoms with E-state index < -0.39 is 23.3 Å². The minimum atomic E-state index is -1.36. The van der Waals surface area contributed by atoms with Crippen LogP contribution in [-0.4, -0.2) is 17.0 Å². The Kier molecular flexibility index (Phi) is 4.23. The Hall–Kier alpha value is -2.40. The van der Waals surface area contributed by atoms with Crippen LogP contribution in [0.4, 0.5) is 10.1 Å². The smallest absolute Gasteiger partial charge is 0.338 e. The van der Waals surface area contributed by atoms with Crippen molar-refractivity contribution in [3.63, 3.8) is 0 Å². The number of carbonyl (C=O) groups excluding carboxylic acids is 1. The van der Waals surface area contributed by atoms with Crippen LogP contribution in [0.15, 0.2) is 36.4 Å². The van der Waals surface area contributed by atoms with Gasteiger partial charge in [-0.05, 0) is 48.9 Å². The second-order valence-corrected chi connectivity index (χ2v) is 4.83. The number of hydrogen-bond acceptors (Lipinski definition) is 2. The third kappa shape index (κ3) is 3.38. The van der Waals surface area contributed by atoms with Crippen molar-refractivity contribution in [2.75, 3.05) is 5.32 Å². The van der Waals surface area contributed by atoms with Crippen LogP contribution >= 0.6 is 11.6 Å². The molecule has 0 fully saturated rings. The predicted molar refractivity (Wildman–Crippen MR) is 77.5 cm³/mol. The fourth-order valence-electron chi connectivity index (χ4n) is 1.76. The summed E-state index contributed by atoms with van der Waals surface area (Å²) in [6.45, 7) is 1.76. The summed E-state index contributed by atoms with van der Waals surface area (Å²) in [6.07, 6.45) is 0. The second-order valence-electron chi connectivity index (χ2n) is 4.42. The topological polar surface area (TPSA) is 66.4 Å². The van der Waals surface area contributed by atoms with Crippen LogP contribution < -0.4 is 5.32 Å². The maximum Gasteiger partial charge on any atom is 0.338 e. The Morgan fingerprint density at radius 3 is 2.48 bits per heavy atom. The van der Waals surface area contributed by atoms with E-state index in [-0.39, 0.29) is 5.69 Å². The van der Waals surface area contributed by atoms with Crippen LogP contribution in [0.1, 0.15) is 26.3 Å². The second kappa shape index (κ2) is 5.93. The number of amides is 1. The highest BCUT2D eigenvalue weighted by atomic mass is 35.5. The number of hydrogen-bond donors (Lipinski definition) is 2. The average molecular weight is 308 g/mol. The first-order valence-electron chi connectivity index (χ1n) is 5.99. The third-order valence-electron chi connectivity index (χ3n) is 2.88. The molecule has 0 radical (unpaired) electrons. The first-order valence-corrected chi connectivity index (χ1v) is 6.36. The van der Waals surface area contributed by atoms with Crippen LogP contribution in [0.2, 0.25) is 5.02 Å². The van der Waals surface area contributed by atoms with Gasteiger partial charge in [0, 0.05) is 16.3 Å². The van der Waals surface area contributed by atoms with Gasteiger partial charge in [0.2, 0.25) is 0 Å². The number of aromatic carboxylic acids is 1. The molecule has 0 heterocycles. The van der Waals surface area contributed by atoms with E-state index in [4.69, 9.17) is 16.7 Å². The number of aryl methyl sites for hydroxylation is 1. The number of halogens is 2. The Morgan fingerprint density at radius 1 is 1.19 bits per heavy atom. The normalized spacial score (nSPS) is 10.2. The van der Waals surface area contributed by atoms with Crippen LogP contribution in [0.25, 0.3) is 0 Å². The first-order chi connectivity index (χ1) is 9.88. The van der Waals surface area contributed by atoms with Gasteiger partial charge in [0.05, 0.1) is 5.56 Å². The predicted octanol–water partition coefficient (Wildman–Crippen LogP) is 3.74. The molecular formula is C15H11ClFNO3. The lowest BCUT2D eigenvalue weighted by Crippen LogP contribution is -2.12. The zero-order valence-electron chi connectivity index (χ0n) is 11.0. The number of carbonyl (C=O) groups is 2. The zero-order chi connectivity index (χ0) is 15.6. The standard InChI is InChI=1S/C15H11ClFNO3/c1-8-6-9(2-5-12(8)16)14(19)18-10-3-4-11(15(20)21)13(17)7-10/h2-7H,1H3,(H,18,19)(H,20,21). The summed E-state index contributed by atoms with van der Waals surface area (Å²) in [5.41, 5.74) is 0.849. The van der Waals surface area contributed by atoms with Gasteiger partial charge < -0.3 is 10.4 Å². The van der Waals surface area contributed by atoms with Gasteiger partial charge in [-0.15, -0.1) is 0 Å². The molecule has 2 aromatic rings. The van der Waals surface area contributed by atoms with E-state index in [1.165, 1.54) is 6.07 Å². The minimum Gasteiger partial charge on any atom is -0.478 e. The van der Waals surface area contributed by atoms with Crippen molar-refractivity contribution >= 4 is 29.2 Å². The summed E-state index contributed by atoms with van der Waals surface area (Å²) >= 11 is 5.88. The first kappa shape index (κ1) is 15.0. The number of anilines is 1. The molecule has 0 bridgehead atoms. The zero-order valence-corrected chi connectivity index (χ0v) is 11.7. The Balaban J connectivity index is 2.21. The van der Waals surface area contributed by atoms with Gasteiger partial charge in [-0.25, -0.2) is 9.18 Å². The molecule has 0 aliphatic rings. The highest BCUT2D eigenvalue weighted by molar-refractivity contribution is 6.31. The monoisotopic (exact) mass is 307 g/mol. The van der Waals surface area contributed by atoms with Crippen molar-refractivity contribution in [3.8, 4) is 0 Å². The highest BCUT2D eigenvalue weighted by Gasteiger charge is 2.12. The fourth-order valence-corrected chi connectivity index (χ4v) is 1.87. The average Bonchev–Trinajstić information content (AvgIpc) is 2.41. The molecule has 2 rings (SSSR count). The van der Waals surface area contributed by atoms with Crippen molar-refractivity contribution in [1.29, 1.82) is 0 Å². The molecule has 0 aliphatic heterocycles. The number of benzene rings is 2. The van der Waals surface area contributed by atoms with Crippen LogP contribution in [0, 0.1) is 12.7 Å². The van der Waals surface area contributed by atoms with E-state index in [0.717, 1.165) is 17.7 Å².